The zero-order chi connectivity index (χ0) is 16.1. The molecule has 22 heavy (non-hydrogen) atoms. The minimum Gasteiger partial charge on any atom is -0.497 e. The molecule has 0 atom stereocenters. The van der Waals surface area contributed by atoms with Crippen molar-refractivity contribution < 1.29 is 14.3 Å². The van der Waals surface area contributed by atoms with E-state index in [0.29, 0.717) is 12.3 Å². The molecule has 0 saturated carbocycles. The molecule has 5 heteroatoms. The molecule has 0 aliphatic heterocycles. The second-order valence-electron chi connectivity index (χ2n) is 4.84. The van der Waals surface area contributed by atoms with E-state index in [4.69, 9.17) is 9.47 Å². The van der Waals surface area contributed by atoms with Gasteiger partial charge in [-0.2, -0.15) is 0 Å². The average molecular weight is 300 g/mol. The van der Waals surface area contributed by atoms with Crippen molar-refractivity contribution in [1.82, 2.24) is 4.98 Å². The van der Waals surface area contributed by atoms with Crippen LogP contribution in [0, 0.1) is 13.8 Å². The maximum Gasteiger partial charge on any atom is 0.355 e. The van der Waals surface area contributed by atoms with Crippen molar-refractivity contribution in [2.75, 3.05) is 13.7 Å². The summed E-state index contributed by atoms with van der Waals surface area (Å²) in [6.07, 6.45) is 1.76. The van der Waals surface area contributed by atoms with Gasteiger partial charge in [0.05, 0.1) is 19.4 Å². The summed E-state index contributed by atoms with van der Waals surface area (Å²) >= 11 is 0. The monoisotopic (exact) mass is 300 g/mol. The Kier molecular flexibility index (Phi) is 4.99. The molecular weight excluding hydrogens is 280 g/mol. The Morgan fingerprint density at radius 3 is 2.55 bits per heavy atom. The number of aliphatic imine (C=N–C) groups is 1. The first-order valence-electron chi connectivity index (χ1n) is 7.11. The second-order valence-corrected chi connectivity index (χ2v) is 4.84. The summed E-state index contributed by atoms with van der Waals surface area (Å²) in [5, 5.41) is 0. The van der Waals surface area contributed by atoms with Gasteiger partial charge in [-0.05, 0) is 50.6 Å². The topological polar surface area (TPSA) is 63.7 Å². The molecule has 5 nitrogen and oxygen atoms in total. The minimum absolute atomic E-state index is 0.341. The molecule has 2 rings (SSSR count). The lowest BCUT2D eigenvalue weighted by Gasteiger charge is -2.00. The number of ether oxygens (including phenoxy) is 2. The number of hydrogen-bond acceptors (Lipinski definition) is 4. The molecule has 0 saturated heterocycles. The molecule has 0 radical (unpaired) electrons. The largest absolute Gasteiger partial charge is 0.497 e. The number of aromatic amines is 1. The fourth-order valence-electron chi connectivity index (χ4n) is 2.17. The summed E-state index contributed by atoms with van der Waals surface area (Å²) in [4.78, 5) is 19.4. The number of nitrogens with one attached hydrogen (secondary N) is 1. The van der Waals surface area contributed by atoms with Gasteiger partial charge in [0.1, 0.15) is 11.4 Å². The Labute approximate surface area is 130 Å². The maximum atomic E-state index is 11.9. The van der Waals surface area contributed by atoms with E-state index in [0.717, 1.165) is 28.3 Å². The lowest BCUT2D eigenvalue weighted by Crippen LogP contribution is -2.06. The molecule has 0 unspecified atom stereocenters. The molecule has 1 heterocycles. The van der Waals surface area contributed by atoms with Crippen LogP contribution in [0.2, 0.25) is 0 Å². The van der Waals surface area contributed by atoms with Gasteiger partial charge in [0.25, 0.3) is 0 Å². The molecule has 1 aromatic heterocycles. The number of esters is 1. The van der Waals surface area contributed by atoms with Gasteiger partial charge in [0.2, 0.25) is 0 Å². The second kappa shape index (κ2) is 6.93. The van der Waals surface area contributed by atoms with Crippen LogP contribution in [0.5, 0.6) is 5.75 Å². The van der Waals surface area contributed by atoms with Crippen molar-refractivity contribution in [1.29, 1.82) is 0 Å². The molecule has 1 aromatic carbocycles. The number of aryl methyl sites for hydroxylation is 1. The number of methoxy groups -OCH3 is 1. The number of rotatable bonds is 5. The first-order valence-corrected chi connectivity index (χ1v) is 7.11. The van der Waals surface area contributed by atoms with Gasteiger partial charge in [-0.3, -0.25) is 4.99 Å². The molecule has 1 N–H and O–H groups in total. The van der Waals surface area contributed by atoms with Gasteiger partial charge in [-0.1, -0.05) is 0 Å². The standard InChI is InChI=1S/C17H20N2O3/c1-5-22-17(20)16-11(2)15(12(3)19-16)10-18-13-6-8-14(21-4)9-7-13/h6-10,19H,5H2,1-4H3. The third kappa shape index (κ3) is 3.36. The molecule has 0 amide bonds. The van der Waals surface area contributed by atoms with E-state index in [9.17, 15) is 4.79 Å². The van der Waals surface area contributed by atoms with E-state index in [1.807, 2.05) is 38.1 Å². The fraction of sp³-hybridized carbons (Fsp3) is 0.294. The number of carbonyl (C=O) groups is 1. The van der Waals surface area contributed by atoms with Gasteiger partial charge in [-0.25, -0.2) is 4.79 Å². The lowest BCUT2D eigenvalue weighted by atomic mass is 10.1. The minimum atomic E-state index is -0.341. The van der Waals surface area contributed by atoms with Gasteiger partial charge >= 0.3 is 5.97 Å². The quantitative estimate of drug-likeness (QED) is 0.678. The smallest absolute Gasteiger partial charge is 0.355 e. The van der Waals surface area contributed by atoms with Crippen LogP contribution in [-0.2, 0) is 4.74 Å². The molecule has 116 valence electrons. The molecule has 0 spiro atoms. The van der Waals surface area contributed by atoms with Crippen LogP contribution in [0.1, 0.15) is 34.2 Å². The predicted octanol–water partition coefficient (Wildman–Crippen LogP) is 3.57. The van der Waals surface area contributed by atoms with Crippen LogP contribution < -0.4 is 4.74 Å². The SMILES string of the molecule is CCOC(=O)c1[nH]c(C)c(C=Nc2ccc(OC)cc2)c1C. The van der Waals surface area contributed by atoms with E-state index >= 15 is 0 Å². The molecule has 2 aromatic rings. The third-order valence-electron chi connectivity index (χ3n) is 3.39. The van der Waals surface area contributed by atoms with Crippen LogP contribution in [0.4, 0.5) is 5.69 Å². The third-order valence-corrected chi connectivity index (χ3v) is 3.39. The number of H-pyrrole nitrogens is 1. The summed E-state index contributed by atoms with van der Waals surface area (Å²) in [6.45, 7) is 5.93. The van der Waals surface area contributed by atoms with E-state index in [2.05, 4.69) is 9.98 Å². The van der Waals surface area contributed by atoms with Gasteiger partial charge in [0.15, 0.2) is 0 Å². The maximum absolute atomic E-state index is 11.9. The van der Waals surface area contributed by atoms with Gasteiger partial charge < -0.3 is 14.5 Å². The highest BCUT2D eigenvalue weighted by molar-refractivity contribution is 5.95. The normalized spacial score (nSPS) is 10.9. The number of carbonyl (C=O) groups excluding carboxylic acids is 1. The fourth-order valence-corrected chi connectivity index (χ4v) is 2.17. The van der Waals surface area contributed by atoms with E-state index in [1.54, 1.807) is 20.2 Å². The van der Waals surface area contributed by atoms with Crippen molar-refractivity contribution in [3.63, 3.8) is 0 Å². The van der Waals surface area contributed by atoms with Crippen LogP contribution in [-0.4, -0.2) is 30.9 Å². The lowest BCUT2D eigenvalue weighted by molar-refractivity contribution is 0.0519. The number of benzene rings is 1. The summed E-state index contributed by atoms with van der Waals surface area (Å²) in [6, 6.07) is 7.46. The average Bonchev–Trinajstić information content (AvgIpc) is 2.81. The van der Waals surface area contributed by atoms with Gasteiger partial charge in [0, 0.05) is 17.5 Å². The summed E-state index contributed by atoms with van der Waals surface area (Å²) in [5.41, 5.74) is 3.93. The number of hydrogen-bond donors (Lipinski definition) is 1. The first kappa shape index (κ1) is 15.8. The molecule has 0 aliphatic rings. The van der Waals surface area contributed by atoms with Crippen molar-refractivity contribution in [2.45, 2.75) is 20.8 Å². The predicted molar refractivity (Wildman–Crippen MR) is 86.5 cm³/mol. The van der Waals surface area contributed by atoms with Crippen LogP contribution in [0.3, 0.4) is 0 Å². The van der Waals surface area contributed by atoms with Crippen molar-refractivity contribution >= 4 is 17.9 Å². The molecule has 0 fully saturated rings. The van der Waals surface area contributed by atoms with Crippen molar-refractivity contribution in [3.8, 4) is 5.75 Å². The molecular formula is C17H20N2O3. The molecule has 0 aliphatic carbocycles. The Hall–Kier alpha value is -2.56. The number of aromatic nitrogens is 1. The summed E-state index contributed by atoms with van der Waals surface area (Å²) in [7, 11) is 1.63. The molecule has 0 bridgehead atoms. The highest BCUT2D eigenvalue weighted by Crippen LogP contribution is 2.20. The van der Waals surface area contributed by atoms with Crippen molar-refractivity contribution in [2.24, 2.45) is 4.99 Å². The Morgan fingerprint density at radius 1 is 1.27 bits per heavy atom. The first-order chi connectivity index (χ1) is 10.6. The van der Waals surface area contributed by atoms with Crippen LogP contribution in [0.15, 0.2) is 29.3 Å². The highest BCUT2D eigenvalue weighted by Gasteiger charge is 2.17. The summed E-state index contributed by atoms with van der Waals surface area (Å²) < 4.78 is 10.2. The Morgan fingerprint density at radius 2 is 1.95 bits per heavy atom. The van der Waals surface area contributed by atoms with E-state index < -0.39 is 0 Å². The van der Waals surface area contributed by atoms with Gasteiger partial charge in [-0.15, -0.1) is 0 Å². The van der Waals surface area contributed by atoms with Crippen LogP contribution in [0.25, 0.3) is 0 Å². The summed E-state index contributed by atoms with van der Waals surface area (Å²) in [5.74, 6) is 0.449. The zero-order valence-corrected chi connectivity index (χ0v) is 13.3. The van der Waals surface area contributed by atoms with Crippen LogP contribution >= 0.6 is 0 Å². The van der Waals surface area contributed by atoms with E-state index in [1.165, 1.54) is 0 Å². The highest BCUT2D eigenvalue weighted by atomic mass is 16.5. The number of nitrogens with zero attached hydrogens (tertiary/aromatic N) is 1. The Balaban J connectivity index is 2.25. The Bertz CT molecular complexity index is 685. The van der Waals surface area contributed by atoms with Crippen molar-refractivity contribution in [3.05, 3.63) is 46.8 Å². The van der Waals surface area contributed by atoms with E-state index in [-0.39, 0.29) is 5.97 Å². The zero-order valence-electron chi connectivity index (χ0n) is 13.3.